The molecule has 1 aromatic rings. The van der Waals surface area contributed by atoms with Gasteiger partial charge in [0.1, 0.15) is 0 Å². The van der Waals surface area contributed by atoms with E-state index in [1.165, 1.54) is 0 Å². The van der Waals surface area contributed by atoms with E-state index >= 15 is 0 Å². The molecule has 3 N–H and O–H groups in total. The van der Waals surface area contributed by atoms with Crippen LogP contribution in [0.25, 0.3) is 0 Å². The van der Waals surface area contributed by atoms with E-state index in [-0.39, 0.29) is 18.3 Å². The van der Waals surface area contributed by atoms with Crippen LogP contribution in [0, 0.1) is 0 Å². The van der Waals surface area contributed by atoms with Gasteiger partial charge in [-0.1, -0.05) is 6.07 Å². The first kappa shape index (κ1) is 12.8. The van der Waals surface area contributed by atoms with Gasteiger partial charge >= 0.3 is 0 Å². The number of rotatable bonds is 2. The molecular weight excluding hydrogens is 226 g/mol. The van der Waals surface area contributed by atoms with Gasteiger partial charge in [0.15, 0.2) is 0 Å². The zero-order chi connectivity index (χ0) is 10.7. The second kappa shape index (κ2) is 5.72. The van der Waals surface area contributed by atoms with Gasteiger partial charge in [-0.25, -0.2) is 0 Å². The molecule has 4 nitrogen and oxygen atoms in total. The van der Waals surface area contributed by atoms with Crippen LogP contribution >= 0.6 is 12.4 Å². The zero-order valence-corrected chi connectivity index (χ0v) is 9.80. The van der Waals surface area contributed by atoms with E-state index in [2.05, 4.69) is 10.2 Å². The Balaban J connectivity index is 0.00000128. The molecule has 0 aliphatic carbocycles. The summed E-state index contributed by atoms with van der Waals surface area (Å²) in [6, 6.07) is 7.48. The lowest BCUT2D eigenvalue weighted by molar-refractivity contribution is 0.100. The van der Waals surface area contributed by atoms with E-state index in [4.69, 9.17) is 5.73 Å². The number of piperazine rings is 1. The number of anilines is 1. The van der Waals surface area contributed by atoms with Gasteiger partial charge in [-0.05, 0) is 18.2 Å². The topological polar surface area (TPSA) is 58.4 Å². The minimum Gasteiger partial charge on any atom is -0.369 e. The first-order valence-corrected chi connectivity index (χ1v) is 5.13. The molecule has 1 aliphatic rings. The number of nitrogens with zero attached hydrogens (tertiary/aromatic N) is 1. The molecule has 1 saturated heterocycles. The number of benzene rings is 1. The molecule has 5 heteroatoms. The molecule has 1 fully saturated rings. The molecular formula is C11H16ClN3O. The predicted octanol–water partition coefficient (Wildman–Crippen LogP) is 0.617. The molecule has 0 aromatic heterocycles. The Bertz CT molecular complexity index is 364. The van der Waals surface area contributed by atoms with Crippen LogP contribution in [-0.2, 0) is 0 Å². The Labute approximate surface area is 101 Å². The third-order valence-corrected chi connectivity index (χ3v) is 2.61. The van der Waals surface area contributed by atoms with Crippen molar-refractivity contribution in [2.75, 3.05) is 31.1 Å². The van der Waals surface area contributed by atoms with Crippen molar-refractivity contribution in [3.63, 3.8) is 0 Å². The summed E-state index contributed by atoms with van der Waals surface area (Å²) in [5.41, 5.74) is 6.89. The summed E-state index contributed by atoms with van der Waals surface area (Å²) in [5, 5.41) is 3.29. The van der Waals surface area contributed by atoms with Crippen molar-refractivity contribution < 1.29 is 4.79 Å². The fraction of sp³-hybridized carbons (Fsp3) is 0.364. The Morgan fingerprint density at radius 3 is 2.62 bits per heavy atom. The number of carbonyl (C=O) groups excluding carboxylic acids is 1. The lowest BCUT2D eigenvalue weighted by Gasteiger charge is -2.29. The smallest absolute Gasteiger partial charge is 0.248 e. The molecule has 1 heterocycles. The monoisotopic (exact) mass is 241 g/mol. The van der Waals surface area contributed by atoms with Crippen LogP contribution in [0.3, 0.4) is 0 Å². The summed E-state index contributed by atoms with van der Waals surface area (Å²) in [4.78, 5) is 13.3. The van der Waals surface area contributed by atoms with Gasteiger partial charge in [0, 0.05) is 37.4 Å². The second-order valence-electron chi connectivity index (χ2n) is 3.65. The van der Waals surface area contributed by atoms with Crippen LogP contribution in [-0.4, -0.2) is 32.1 Å². The maximum Gasteiger partial charge on any atom is 0.248 e. The van der Waals surface area contributed by atoms with E-state index in [0.29, 0.717) is 5.56 Å². The van der Waals surface area contributed by atoms with Gasteiger partial charge in [0.25, 0.3) is 0 Å². The molecule has 0 saturated carbocycles. The highest BCUT2D eigenvalue weighted by molar-refractivity contribution is 5.93. The number of hydrogen-bond acceptors (Lipinski definition) is 3. The standard InChI is InChI=1S/C11H15N3O.ClH/c12-11(15)9-2-1-3-10(8-9)14-6-4-13-5-7-14;/h1-3,8,13H,4-7H2,(H2,12,15);1H. The van der Waals surface area contributed by atoms with Crippen molar-refractivity contribution >= 4 is 24.0 Å². The number of nitrogens with two attached hydrogens (primary N) is 1. The Hall–Kier alpha value is -1.26. The van der Waals surface area contributed by atoms with Crippen LogP contribution in [0.15, 0.2) is 24.3 Å². The molecule has 0 atom stereocenters. The summed E-state index contributed by atoms with van der Waals surface area (Å²) in [6.45, 7) is 3.92. The van der Waals surface area contributed by atoms with E-state index in [1.807, 2.05) is 18.2 Å². The van der Waals surface area contributed by atoms with Crippen molar-refractivity contribution in [1.29, 1.82) is 0 Å². The Morgan fingerprint density at radius 2 is 2.00 bits per heavy atom. The molecule has 0 unspecified atom stereocenters. The van der Waals surface area contributed by atoms with Crippen LogP contribution in [0.5, 0.6) is 0 Å². The predicted molar refractivity (Wildman–Crippen MR) is 67.3 cm³/mol. The number of nitrogens with one attached hydrogen (secondary N) is 1. The third kappa shape index (κ3) is 2.87. The lowest BCUT2D eigenvalue weighted by Crippen LogP contribution is -2.43. The molecule has 88 valence electrons. The van der Waals surface area contributed by atoms with E-state index < -0.39 is 0 Å². The van der Waals surface area contributed by atoms with Crippen molar-refractivity contribution in [3.8, 4) is 0 Å². The maximum absolute atomic E-state index is 11.0. The lowest BCUT2D eigenvalue weighted by atomic mass is 10.1. The largest absolute Gasteiger partial charge is 0.369 e. The summed E-state index contributed by atoms with van der Waals surface area (Å²) < 4.78 is 0. The molecule has 1 aromatic carbocycles. The molecule has 16 heavy (non-hydrogen) atoms. The van der Waals surface area contributed by atoms with Gasteiger partial charge < -0.3 is 16.0 Å². The van der Waals surface area contributed by atoms with Gasteiger partial charge in [-0.2, -0.15) is 0 Å². The fourth-order valence-corrected chi connectivity index (χ4v) is 1.78. The highest BCUT2D eigenvalue weighted by atomic mass is 35.5. The van der Waals surface area contributed by atoms with Gasteiger partial charge in [0.05, 0.1) is 0 Å². The highest BCUT2D eigenvalue weighted by Crippen LogP contribution is 2.16. The third-order valence-electron chi connectivity index (χ3n) is 2.61. The number of halogens is 1. The number of primary amides is 1. The summed E-state index contributed by atoms with van der Waals surface area (Å²) >= 11 is 0. The molecule has 0 bridgehead atoms. The number of hydrogen-bond donors (Lipinski definition) is 2. The van der Waals surface area contributed by atoms with Crippen LogP contribution < -0.4 is 16.0 Å². The quantitative estimate of drug-likeness (QED) is 0.798. The minimum absolute atomic E-state index is 0. The average Bonchev–Trinajstić information content (AvgIpc) is 2.30. The molecule has 0 spiro atoms. The van der Waals surface area contributed by atoms with Crippen molar-refractivity contribution in [1.82, 2.24) is 5.32 Å². The fourth-order valence-electron chi connectivity index (χ4n) is 1.78. The van der Waals surface area contributed by atoms with Crippen LogP contribution in [0.4, 0.5) is 5.69 Å². The number of carbonyl (C=O) groups is 1. The van der Waals surface area contributed by atoms with Crippen LogP contribution in [0.2, 0.25) is 0 Å². The Morgan fingerprint density at radius 1 is 1.31 bits per heavy atom. The van der Waals surface area contributed by atoms with Crippen molar-refractivity contribution in [2.45, 2.75) is 0 Å². The number of amides is 1. The van der Waals surface area contributed by atoms with Gasteiger partial charge in [-0.15, -0.1) is 12.4 Å². The van der Waals surface area contributed by atoms with E-state index in [1.54, 1.807) is 6.07 Å². The maximum atomic E-state index is 11.0. The summed E-state index contributed by atoms with van der Waals surface area (Å²) in [6.07, 6.45) is 0. The summed E-state index contributed by atoms with van der Waals surface area (Å²) in [7, 11) is 0. The molecule has 1 aliphatic heterocycles. The normalized spacial score (nSPS) is 15.4. The minimum atomic E-state index is -0.369. The Kier molecular flexibility index (Phi) is 4.58. The van der Waals surface area contributed by atoms with Gasteiger partial charge in [-0.3, -0.25) is 4.79 Å². The zero-order valence-electron chi connectivity index (χ0n) is 8.98. The summed E-state index contributed by atoms with van der Waals surface area (Å²) in [5.74, 6) is -0.369. The first-order chi connectivity index (χ1) is 7.27. The SMILES string of the molecule is Cl.NC(=O)c1cccc(N2CCNCC2)c1. The van der Waals surface area contributed by atoms with Crippen molar-refractivity contribution in [3.05, 3.63) is 29.8 Å². The highest BCUT2D eigenvalue weighted by Gasteiger charge is 2.11. The molecule has 2 rings (SSSR count). The van der Waals surface area contributed by atoms with E-state index in [9.17, 15) is 4.79 Å². The first-order valence-electron chi connectivity index (χ1n) is 5.13. The molecule has 0 radical (unpaired) electrons. The second-order valence-corrected chi connectivity index (χ2v) is 3.65. The average molecular weight is 242 g/mol. The van der Waals surface area contributed by atoms with Crippen molar-refractivity contribution in [2.24, 2.45) is 5.73 Å². The van der Waals surface area contributed by atoms with E-state index in [0.717, 1.165) is 31.9 Å². The molecule has 1 amide bonds. The van der Waals surface area contributed by atoms with Gasteiger partial charge in [0.2, 0.25) is 5.91 Å². The van der Waals surface area contributed by atoms with Crippen LogP contribution in [0.1, 0.15) is 10.4 Å².